The summed E-state index contributed by atoms with van der Waals surface area (Å²) in [6, 6.07) is 15.5. The molecule has 0 aliphatic heterocycles. The molecule has 0 unspecified atom stereocenters. The first-order valence-electron chi connectivity index (χ1n) is 6.83. The highest BCUT2D eigenvalue weighted by Crippen LogP contribution is 2.28. The van der Waals surface area contributed by atoms with E-state index in [0.29, 0.717) is 17.5 Å². The number of fused-ring (bicyclic) bond motifs is 1. The Morgan fingerprint density at radius 2 is 1.52 bits per heavy atom. The van der Waals surface area contributed by atoms with Crippen LogP contribution < -0.4 is 4.74 Å². The van der Waals surface area contributed by atoms with Gasteiger partial charge in [0.25, 0.3) is 5.88 Å². The van der Waals surface area contributed by atoms with Crippen molar-refractivity contribution in [2.75, 3.05) is 0 Å². The third kappa shape index (κ3) is 2.98. The van der Waals surface area contributed by atoms with Crippen molar-refractivity contribution in [2.45, 2.75) is 19.8 Å². The summed E-state index contributed by atoms with van der Waals surface area (Å²) in [7, 11) is 0. The zero-order chi connectivity index (χ0) is 14.8. The van der Waals surface area contributed by atoms with Crippen molar-refractivity contribution in [3.63, 3.8) is 0 Å². The number of benzene rings is 2. The zero-order valence-corrected chi connectivity index (χ0v) is 12.6. The van der Waals surface area contributed by atoms with Gasteiger partial charge in [0.1, 0.15) is 5.75 Å². The molecule has 21 heavy (non-hydrogen) atoms. The Hall–Kier alpha value is -2.13. The molecule has 106 valence electrons. The van der Waals surface area contributed by atoms with E-state index in [1.54, 1.807) is 0 Å². The fourth-order valence-corrected chi connectivity index (χ4v) is 2.23. The molecule has 0 N–H and O–H groups in total. The summed E-state index contributed by atoms with van der Waals surface area (Å²) in [5.41, 5.74) is 2.78. The van der Waals surface area contributed by atoms with Crippen LogP contribution >= 0.6 is 11.6 Å². The zero-order valence-electron chi connectivity index (χ0n) is 11.9. The van der Waals surface area contributed by atoms with E-state index in [4.69, 9.17) is 16.3 Å². The van der Waals surface area contributed by atoms with Gasteiger partial charge in [-0.1, -0.05) is 49.7 Å². The number of hydrogen-bond acceptors (Lipinski definition) is 3. The van der Waals surface area contributed by atoms with Crippen molar-refractivity contribution in [1.29, 1.82) is 0 Å². The molecule has 0 bridgehead atoms. The smallest absolute Gasteiger partial charge is 0.258 e. The largest absolute Gasteiger partial charge is 0.436 e. The Morgan fingerprint density at radius 3 is 2.14 bits per heavy atom. The standard InChI is InChI=1S/C17H15ClN2O/c1-11(2)12-7-9-13(10-8-12)21-17-16(18)19-14-5-3-4-6-15(14)20-17/h3-11H,1-2H3. The van der Waals surface area contributed by atoms with E-state index in [1.165, 1.54) is 5.56 Å². The number of nitrogens with zero attached hydrogens (tertiary/aromatic N) is 2. The maximum Gasteiger partial charge on any atom is 0.258 e. The van der Waals surface area contributed by atoms with Crippen molar-refractivity contribution in [3.8, 4) is 11.6 Å². The van der Waals surface area contributed by atoms with Gasteiger partial charge >= 0.3 is 0 Å². The quantitative estimate of drug-likeness (QED) is 0.666. The molecule has 2 aromatic carbocycles. The minimum atomic E-state index is 0.265. The van der Waals surface area contributed by atoms with Crippen LogP contribution in [0.4, 0.5) is 0 Å². The van der Waals surface area contributed by atoms with Gasteiger partial charge in [-0.05, 0) is 35.7 Å². The number of para-hydroxylation sites is 2. The van der Waals surface area contributed by atoms with Gasteiger partial charge in [-0.3, -0.25) is 0 Å². The monoisotopic (exact) mass is 298 g/mol. The summed E-state index contributed by atoms with van der Waals surface area (Å²) in [4.78, 5) is 8.71. The molecule has 1 heterocycles. The predicted octanol–water partition coefficient (Wildman–Crippen LogP) is 5.20. The van der Waals surface area contributed by atoms with E-state index in [2.05, 4.69) is 23.8 Å². The molecule has 4 heteroatoms. The molecule has 0 fully saturated rings. The van der Waals surface area contributed by atoms with Crippen molar-refractivity contribution >= 4 is 22.6 Å². The van der Waals surface area contributed by atoms with E-state index in [9.17, 15) is 0 Å². The van der Waals surface area contributed by atoms with E-state index in [1.807, 2.05) is 48.5 Å². The molecule has 0 amide bonds. The van der Waals surface area contributed by atoms with Crippen LogP contribution in [0, 0.1) is 0 Å². The minimum absolute atomic E-state index is 0.265. The number of ether oxygens (including phenoxy) is 1. The molecule has 0 spiro atoms. The highest BCUT2D eigenvalue weighted by Gasteiger charge is 2.09. The summed E-state index contributed by atoms with van der Waals surface area (Å²) >= 11 is 6.14. The van der Waals surface area contributed by atoms with Gasteiger partial charge in [-0.15, -0.1) is 0 Å². The second-order valence-electron chi connectivity index (χ2n) is 5.13. The highest BCUT2D eigenvalue weighted by molar-refractivity contribution is 6.31. The number of halogens is 1. The van der Waals surface area contributed by atoms with Gasteiger partial charge in [0, 0.05) is 0 Å². The molecule has 0 saturated carbocycles. The predicted molar refractivity (Wildman–Crippen MR) is 85.2 cm³/mol. The summed E-state index contributed by atoms with van der Waals surface area (Å²) < 4.78 is 5.75. The van der Waals surface area contributed by atoms with Gasteiger partial charge in [-0.25, -0.2) is 9.97 Å². The van der Waals surface area contributed by atoms with Gasteiger partial charge in [0.05, 0.1) is 11.0 Å². The molecule has 3 nitrogen and oxygen atoms in total. The first-order valence-corrected chi connectivity index (χ1v) is 7.21. The summed E-state index contributed by atoms with van der Waals surface area (Å²) in [6.45, 7) is 4.31. The summed E-state index contributed by atoms with van der Waals surface area (Å²) in [5.74, 6) is 1.52. The lowest BCUT2D eigenvalue weighted by molar-refractivity contribution is 0.463. The van der Waals surface area contributed by atoms with E-state index in [0.717, 1.165) is 11.0 Å². The maximum atomic E-state index is 6.14. The van der Waals surface area contributed by atoms with Crippen LogP contribution in [0.2, 0.25) is 5.15 Å². The Labute approximate surface area is 128 Å². The van der Waals surface area contributed by atoms with Crippen LogP contribution in [-0.4, -0.2) is 9.97 Å². The van der Waals surface area contributed by atoms with Gasteiger partial charge < -0.3 is 4.74 Å². The number of hydrogen-bond donors (Lipinski definition) is 0. The normalized spacial score (nSPS) is 11.0. The van der Waals surface area contributed by atoms with Crippen molar-refractivity contribution in [2.24, 2.45) is 0 Å². The molecule has 0 aliphatic carbocycles. The Morgan fingerprint density at radius 1 is 0.905 bits per heavy atom. The van der Waals surface area contributed by atoms with Crippen molar-refractivity contribution in [3.05, 3.63) is 59.2 Å². The Kier molecular flexibility index (Phi) is 3.76. The fourth-order valence-electron chi connectivity index (χ4n) is 2.06. The molecule has 0 aliphatic rings. The second kappa shape index (κ2) is 5.70. The Balaban J connectivity index is 1.92. The van der Waals surface area contributed by atoms with Crippen molar-refractivity contribution in [1.82, 2.24) is 9.97 Å². The van der Waals surface area contributed by atoms with Crippen LogP contribution in [-0.2, 0) is 0 Å². The number of aromatic nitrogens is 2. The molecular formula is C17H15ClN2O. The van der Waals surface area contributed by atoms with E-state index < -0.39 is 0 Å². The topological polar surface area (TPSA) is 35.0 Å². The fraction of sp³-hybridized carbons (Fsp3) is 0.176. The lowest BCUT2D eigenvalue weighted by Crippen LogP contribution is -1.93. The molecule has 0 atom stereocenters. The van der Waals surface area contributed by atoms with Crippen LogP contribution in [0.15, 0.2) is 48.5 Å². The highest BCUT2D eigenvalue weighted by atomic mass is 35.5. The van der Waals surface area contributed by atoms with Gasteiger partial charge in [0.2, 0.25) is 0 Å². The molecule has 0 radical (unpaired) electrons. The van der Waals surface area contributed by atoms with Crippen LogP contribution in [0.25, 0.3) is 11.0 Å². The first-order chi connectivity index (χ1) is 10.1. The average Bonchev–Trinajstić information content (AvgIpc) is 2.48. The Bertz CT molecular complexity index is 769. The molecular weight excluding hydrogens is 284 g/mol. The van der Waals surface area contributed by atoms with Gasteiger partial charge in [0.15, 0.2) is 5.15 Å². The van der Waals surface area contributed by atoms with E-state index in [-0.39, 0.29) is 5.15 Å². The second-order valence-corrected chi connectivity index (χ2v) is 5.49. The van der Waals surface area contributed by atoms with Crippen molar-refractivity contribution < 1.29 is 4.74 Å². The SMILES string of the molecule is CC(C)c1ccc(Oc2nc3ccccc3nc2Cl)cc1. The van der Waals surface area contributed by atoms with Crippen LogP contribution in [0.1, 0.15) is 25.3 Å². The summed E-state index contributed by atoms with van der Waals surface area (Å²) in [5, 5.41) is 0.265. The summed E-state index contributed by atoms with van der Waals surface area (Å²) in [6.07, 6.45) is 0. The third-order valence-corrected chi connectivity index (χ3v) is 3.51. The molecule has 0 saturated heterocycles. The third-order valence-electron chi connectivity index (χ3n) is 3.26. The maximum absolute atomic E-state index is 6.14. The minimum Gasteiger partial charge on any atom is -0.436 e. The van der Waals surface area contributed by atoms with Crippen LogP contribution in [0.3, 0.4) is 0 Å². The molecule has 3 aromatic rings. The lowest BCUT2D eigenvalue weighted by Gasteiger charge is -2.09. The lowest BCUT2D eigenvalue weighted by atomic mass is 10.0. The molecule has 3 rings (SSSR count). The number of rotatable bonds is 3. The average molecular weight is 299 g/mol. The van der Waals surface area contributed by atoms with Gasteiger partial charge in [-0.2, -0.15) is 0 Å². The van der Waals surface area contributed by atoms with E-state index >= 15 is 0 Å². The first kappa shape index (κ1) is 13.8. The molecule has 1 aromatic heterocycles. The van der Waals surface area contributed by atoms with Crippen LogP contribution in [0.5, 0.6) is 11.6 Å².